The molecule has 0 spiro atoms. The summed E-state index contributed by atoms with van der Waals surface area (Å²) in [6.45, 7) is 0.591. The van der Waals surface area contributed by atoms with Crippen LogP contribution in [0.3, 0.4) is 0 Å². The SMILES string of the molecule is NC(=O)c1cc(NCCCc2ccccc2)c(F)cc1N. The highest BCUT2D eigenvalue weighted by molar-refractivity contribution is 5.99. The number of carbonyl (C=O) groups is 1. The minimum Gasteiger partial charge on any atom is -0.398 e. The van der Waals surface area contributed by atoms with Gasteiger partial charge in [-0.2, -0.15) is 0 Å². The lowest BCUT2D eigenvalue weighted by atomic mass is 10.1. The first-order valence-corrected chi connectivity index (χ1v) is 6.74. The van der Waals surface area contributed by atoms with Crippen LogP contribution in [0.15, 0.2) is 42.5 Å². The number of carbonyl (C=O) groups excluding carboxylic acids is 1. The summed E-state index contributed by atoms with van der Waals surface area (Å²) >= 11 is 0. The number of anilines is 2. The van der Waals surface area contributed by atoms with Crippen LogP contribution >= 0.6 is 0 Å². The molecular weight excluding hydrogens is 269 g/mol. The normalized spacial score (nSPS) is 10.3. The first kappa shape index (κ1) is 14.8. The van der Waals surface area contributed by atoms with Gasteiger partial charge in [-0.25, -0.2) is 4.39 Å². The van der Waals surface area contributed by atoms with Gasteiger partial charge in [-0.3, -0.25) is 4.79 Å². The molecule has 21 heavy (non-hydrogen) atoms. The van der Waals surface area contributed by atoms with Crippen LogP contribution < -0.4 is 16.8 Å². The molecule has 2 aromatic rings. The Kier molecular flexibility index (Phi) is 4.77. The molecule has 2 aromatic carbocycles. The third-order valence-electron chi connectivity index (χ3n) is 3.21. The van der Waals surface area contributed by atoms with Crippen molar-refractivity contribution in [2.24, 2.45) is 5.73 Å². The van der Waals surface area contributed by atoms with Gasteiger partial charge in [0.1, 0.15) is 5.82 Å². The molecule has 0 unspecified atom stereocenters. The summed E-state index contributed by atoms with van der Waals surface area (Å²) in [5, 5.41) is 2.97. The van der Waals surface area contributed by atoms with Gasteiger partial charge in [-0.1, -0.05) is 30.3 Å². The van der Waals surface area contributed by atoms with E-state index in [-0.39, 0.29) is 16.9 Å². The van der Waals surface area contributed by atoms with Crippen molar-refractivity contribution < 1.29 is 9.18 Å². The largest absolute Gasteiger partial charge is 0.398 e. The minimum atomic E-state index is -0.667. The third-order valence-corrected chi connectivity index (χ3v) is 3.21. The topological polar surface area (TPSA) is 81.1 Å². The third kappa shape index (κ3) is 3.95. The average Bonchev–Trinajstić information content (AvgIpc) is 2.46. The zero-order chi connectivity index (χ0) is 15.2. The summed E-state index contributed by atoms with van der Waals surface area (Å²) in [5.41, 5.74) is 12.4. The number of nitrogens with one attached hydrogen (secondary N) is 1. The Morgan fingerprint density at radius 1 is 1.19 bits per heavy atom. The second-order valence-corrected chi connectivity index (χ2v) is 4.80. The fourth-order valence-electron chi connectivity index (χ4n) is 2.10. The van der Waals surface area contributed by atoms with Gasteiger partial charge >= 0.3 is 0 Å². The van der Waals surface area contributed by atoms with Crippen molar-refractivity contribution in [3.63, 3.8) is 0 Å². The fourth-order valence-corrected chi connectivity index (χ4v) is 2.10. The second kappa shape index (κ2) is 6.74. The molecule has 5 N–H and O–H groups in total. The number of amides is 1. The summed E-state index contributed by atoms with van der Waals surface area (Å²) < 4.78 is 13.7. The highest BCUT2D eigenvalue weighted by Crippen LogP contribution is 2.22. The molecule has 1 amide bonds. The summed E-state index contributed by atoms with van der Waals surface area (Å²) in [6.07, 6.45) is 1.74. The molecule has 2 rings (SSSR count). The van der Waals surface area contributed by atoms with E-state index in [1.165, 1.54) is 11.6 Å². The highest BCUT2D eigenvalue weighted by atomic mass is 19.1. The van der Waals surface area contributed by atoms with Crippen LogP contribution in [0.5, 0.6) is 0 Å². The standard InChI is InChI=1S/C16H18FN3O/c17-13-10-14(18)12(16(19)21)9-15(13)20-8-4-7-11-5-2-1-3-6-11/h1-3,5-6,9-10,20H,4,7-8,18H2,(H2,19,21). The molecule has 0 aliphatic rings. The molecule has 4 nitrogen and oxygen atoms in total. The molecule has 0 aliphatic heterocycles. The van der Waals surface area contributed by atoms with Crippen LogP contribution in [-0.4, -0.2) is 12.5 Å². The van der Waals surface area contributed by atoms with Gasteiger partial charge < -0.3 is 16.8 Å². The number of hydrogen-bond acceptors (Lipinski definition) is 3. The maximum Gasteiger partial charge on any atom is 0.250 e. The Morgan fingerprint density at radius 3 is 2.57 bits per heavy atom. The molecule has 0 aromatic heterocycles. The summed E-state index contributed by atoms with van der Waals surface area (Å²) in [4.78, 5) is 11.2. The fraction of sp³-hybridized carbons (Fsp3) is 0.188. The van der Waals surface area contributed by atoms with Crippen molar-refractivity contribution in [3.8, 4) is 0 Å². The van der Waals surface area contributed by atoms with Crippen molar-refractivity contribution in [1.29, 1.82) is 0 Å². The van der Waals surface area contributed by atoms with Crippen LogP contribution in [-0.2, 0) is 6.42 Å². The Morgan fingerprint density at radius 2 is 1.90 bits per heavy atom. The van der Waals surface area contributed by atoms with Gasteiger partial charge in [0.05, 0.1) is 11.3 Å². The van der Waals surface area contributed by atoms with Gasteiger partial charge in [0.2, 0.25) is 0 Å². The Balaban J connectivity index is 1.94. The van der Waals surface area contributed by atoms with Gasteiger partial charge in [0.25, 0.3) is 5.91 Å². The van der Waals surface area contributed by atoms with E-state index in [1.54, 1.807) is 0 Å². The van der Waals surface area contributed by atoms with Crippen LogP contribution in [0.2, 0.25) is 0 Å². The van der Waals surface area contributed by atoms with Crippen molar-refractivity contribution in [2.45, 2.75) is 12.8 Å². The number of primary amides is 1. The number of aryl methyl sites for hydroxylation is 1. The lowest BCUT2D eigenvalue weighted by Crippen LogP contribution is -2.15. The van der Waals surface area contributed by atoms with E-state index < -0.39 is 11.7 Å². The van der Waals surface area contributed by atoms with Crippen LogP contribution in [0.25, 0.3) is 0 Å². The van der Waals surface area contributed by atoms with Crippen molar-refractivity contribution >= 4 is 17.3 Å². The number of hydrogen-bond donors (Lipinski definition) is 3. The van der Waals surface area contributed by atoms with Crippen molar-refractivity contribution in [2.75, 3.05) is 17.6 Å². The smallest absolute Gasteiger partial charge is 0.250 e. The van der Waals surface area contributed by atoms with E-state index in [9.17, 15) is 9.18 Å². The van der Waals surface area contributed by atoms with Crippen LogP contribution in [0, 0.1) is 5.82 Å². The lowest BCUT2D eigenvalue weighted by molar-refractivity contribution is 0.100. The predicted octanol–water partition coefficient (Wildman–Crippen LogP) is 2.55. The molecule has 0 heterocycles. The van der Waals surface area contributed by atoms with Gasteiger partial charge in [0.15, 0.2) is 0 Å². The quantitative estimate of drug-likeness (QED) is 0.564. The van der Waals surface area contributed by atoms with E-state index in [2.05, 4.69) is 17.4 Å². The number of nitrogens with two attached hydrogens (primary N) is 2. The maximum atomic E-state index is 13.7. The molecular formula is C16H18FN3O. The molecule has 5 heteroatoms. The summed E-state index contributed by atoms with van der Waals surface area (Å²) in [5.74, 6) is -1.16. The summed E-state index contributed by atoms with van der Waals surface area (Å²) in [6, 6.07) is 12.5. The van der Waals surface area contributed by atoms with E-state index >= 15 is 0 Å². The first-order valence-electron chi connectivity index (χ1n) is 6.74. The second-order valence-electron chi connectivity index (χ2n) is 4.80. The molecule has 0 saturated heterocycles. The van der Waals surface area contributed by atoms with E-state index in [0.29, 0.717) is 6.54 Å². The first-order chi connectivity index (χ1) is 10.1. The van der Waals surface area contributed by atoms with E-state index in [0.717, 1.165) is 18.9 Å². The number of rotatable bonds is 6. The summed E-state index contributed by atoms with van der Waals surface area (Å²) in [7, 11) is 0. The van der Waals surface area contributed by atoms with Gasteiger partial charge in [-0.15, -0.1) is 0 Å². The average molecular weight is 287 g/mol. The van der Waals surface area contributed by atoms with Crippen LogP contribution in [0.1, 0.15) is 22.3 Å². The monoisotopic (exact) mass is 287 g/mol. The zero-order valence-electron chi connectivity index (χ0n) is 11.6. The molecule has 0 aliphatic carbocycles. The molecule has 0 radical (unpaired) electrons. The van der Waals surface area contributed by atoms with Gasteiger partial charge in [0, 0.05) is 12.2 Å². The predicted molar refractivity (Wildman–Crippen MR) is 82.6 cm³/mol. The highest BCUT2D eigenvalue weighted by Gasteiger charge is 2.11. The van der Waals surface area contributed by atoms with E-state index in [1.807, 2.05) is 18.2 Å². The van der Waals surface area contributed by atoms with Gasteiger partial charge in [-0.05, 0) is 30.5 Å². The van der Waals surface area contributed by atoms with Crippen molar-refractivity contribution in [3.05, 3.63) is 59.4 Å². The Labute approximate surface area is 123 Å². The number of halogens is 1. The minimum absolute atomic E-state index is 0.0508. The lowest BCUT2D eigenvalue weighted by Gasteiger charge is -2.10. The van der Waals surface area contributed by atoms with Crippen molar-refractivity contribution in [1.82, 2.24) is 0 Å². The maximum absolute atomic E-state index is 13.7. The zero-order valence-corrected chi connectivity index (χ0v) is 11.6. The molecule has 110 valence electrons. The Bertz CT molecular complexity index is 629. The molecule has 0 fully saturated rings. The van der Waals surface area contributed by atoms with E-state index in [4.69, 9.17) is 11.5 Å². The molecule has 0 atom stereocenters. The molecule has 0 saturated carbocycles. The number of nitrogen functional groups attached to an aromatic ring is 1. The number of benzene rings is 2. The van der Waals surface area contributed by atoms with Crippen LogP contribution in [0.4, 0.5) is 15.8 Å². The Hall–Kier alpha value is -2.56. The molecule has 0 bridgehead atoms.